The number of halogens is 1. The van der Waals surface area contributed by atoms with Crippen LogP contribution in [-0.4, -0.2) is 47.0 Å². The lowest BCUT2D eigenvalue weighted by Gasteiger charge is -2.13. The van der Waals surface area contributed by atoms with Crippen molar-refractivity contribution < 1.29 is 36.1 Å². The molecule has 0 bridgehead atoms. The average molecular weight is 465 g/mol. The van der Waals surface area contributed by atoms with Crippen LogP contribution in [0.15, 0.2) is 40.2 Å². The lowest BCUT2D eigenvalue weighted by molar-refractivity contribution is -0.123. The molecule has 7 nitrogen and oxygen atoms in total. The van der Waals surface area contributed by atoms with E-state index in [0.29, 0.717) is 22.2 Å². The van der Waals surface area contributed by atoms with E-state index in [0.717, 1.165) is 30.9 Å². The molecule has 9 heteroatoms. The summed E-state index contributed by atoms with van der Waals surface area (Å²) in [7, 11) is 1.31. The molecule has 2 amide bonds. The van der Waals surface area contributed by atoms with E-state index in [-0.39, 0.29) is 34.8 Å². The van der Waals surface area contributed by atoms with Gasteiger partial charge < -0.3 is 27.0 Å². The second-order valence-corrected chi connectivity index (χ2v) is 7.73. The normalized spacial score (nSPS) is 21.6. The van der Waals surface area contributed by atoms with Crippen LogP contribution in [0.25, 0.3) is 0 Å². The molecule has 1 saturated heterocycles. The summed E-state index contributed by atoms with van der Waals surface area (Å²) in [6.45, 7) is 0. The van der Waals surface area contributed by atoms with Crippen molar-refractivity contribution in [2.24, 2.45) is 4.99 Å². The van der Waals surface area contributed by atoms with Crippen molar-refractivity contribution in [2.45, 2.75) is 37.8 Å². The maximum absolute atomic E-state index is 12.7. The third-order valence-corrected chi connectivity index (χ3v) is 5.42. The van der Waals surface area contributed by atoms with Crippen molar-refractivity contribution in [2.75, 3.05) is 12.4 Å². The molecule has 1 aromatic rings. The van der Waals surface area contributed by atoms with E-state index in [1.807, 2.05) is 0 Å². The van der Waals surface area contributed by atoms with E-state index in [1.165, 1.54) is 24.9 Å². The molecule has 1 N–H and O–H groups in total. The lowest BCUT2D eigenvalue weighted by atomic mass is 10.2. The summed E-state index contributed by atoms with van der Waals surface area (Å²) in [6, 6.07) is 6.91. The van der Waals surface area contributed by atoms with Crippen LogP contribution < -0.4 is 22.3 Å². The standard InChI is InChI=1S/C19H19N3O4S.BrH/c1-26-18(25)11-2-4-12(5-3-11)20-16(23)10-15-17(24)22(14-8-9-14)19(27-15)21-13-6-7-13;/h2-5,10,13-14H,6-9H2,1H3,(H,20,23);1H/p-1/b15-10-,21-19?;. The molecule has 3 fully saturated rings. The van der Waals surface area contributed by atoms with Gasteiger partial charge in [-0.2, -0.15) is 0 Å². The number of benzene rings is 1. The minimum absolute atomic E-state index is 0. The number of hydrogen-bond donors (Lipinski definition) is 1. The van der Waals surface area contributed by atoms with Gasteiger partial charge in [-0.05, 0) is 61.7 Å². The van der Waals surface area contributed by atoms with Gasteiger partial charge in [0, 0.05) is 17.8 Å². The Morgan fingerprint density at radius 3 is 2.46 bits per heavy atom. The Morgan fingerprint density at radius 2 is 1.89 bits per heavy atom. The first-order valence-electron chi connectivity index (χ1n) is 8.85. The molecule has 4 rings (SSSR count). The molecule has 0 radical (unpaired) electrons. The fourth-order valence-corrected chi connectivity index (χ4v) is 3.78. The predicted octanol–water partition coefficient (Wildman–Crippen LogP) is -0.444. The maximum atomic E-state index is 12.7. The Morgan fingerprint density at radius 1 is 1.21 bits per heavy atom. The highest BCUT2D eigenvalue weighted by atomic mass is 79.9. The molecule has 1 heterocycles. The summed E-state index contributed by atoms with van der Waals surface area (Å²) in [6.07, 6.45) is 5.44. The van der Waals surface area contributed by atoms with Gasteiger partial charge in [-0.3, -0.25) is 19.5 Å². The van der Waals surface area contributed by atoms with E-state index in [2.05, 4.69) is 15.0 Å². The Kier molecular flexibility index (Phi) is 6.24. The zero-order valence-electron chi connectivity index (χ0n) is 15.2. The summed E-state index contributed by atoms with van der Waals surface area (Å²) in [4.78, 5) is 43.2. The predicted molar refractivity (Wildman–Crippen MR) is 102 cm³/mol. The highest BCUT2D eigenvalue weighted by molar-refractivity contribution is 8.18. The zero-order valence-corrected chi connectivity index (χ0v) is 17.6. The third kappa shape index (κ3) is 4.64. The monoisotopic (exact) mass is 464 g/mol. The van der Waals surface area contributed by atoms with Gasteiger partial charge in [0.05, 0.1) is 23.6 Å². The van der Waals surface area contributed by atoms with Crippen molar-refractivity contribution in [1.29, 1.82) is 0 Å². The van der Waals surface area contributed by atoms with E-state index in [1.54, 1.807) is 29.2 Å². The molecule has 1 aromatic carbocycles. The fraction of sp³-hybridized carbons (Fsp3) is 0.368. The highest BCUT2D eigenvalue weighted by Crippen LogP contribution is 2.40. The molecular formula is C19H19BrN3O4S-. The van der Waals surface area contributed by atoms with Gasteiger partial charge in [0.15, 0.2) is 5.17 Å². The number of ether oxygens (including phenoxy) is 1. The Labute approximate surface area is 177 Å². The lowest BCUT2D eigenvalue weighted by Crippen LogP contribution is -3.00. The molecule has 0 aromatic heterocycles. The molecule has 3 aliphatic rings. The largest absolute Gasteiger partial charge is 1.00 e. The van der Waals surface area contributed by atoms with E-state index in [9.17, 15) is 14.4 Å². The molecule has 2 aliphatic carbocycles. The summed E-state index contributed by atoms with van der Waals surface area (Å²) < 4.78 is 4.64. The van der Waals surface area contributed by atoms with Gasteiger partial charge in [0.2, 0.25) is 5.91 Å². The van der Waals surface area contributed by atoms with Crippen LogP contribution in [0.4, 0.5) is 5.69 Å². The Hall–Kier alpha value is -2.13. The molecule has 0 spiro atoms. The van der Waals surface area contributed by atoms with Crippen LogP contribution in [0.2, 0.25) is 0 Å². The summed E-state index contributed by atoms with van der Waals surface area (Å²) in [5, 5.41) is 3.44. The number of nitrogens with one attached hydrogen (secondary N) is 1. The minimum atomic E-state index is -0.439. The zero-order chi connectivity index (χ0) is 19.0. The molecule has 0 unspecified atom stereocenters. The second-order valence-electron chi connectivity index (χ2n) is 6.72. The van der Waals surface area contributed by atoms with Crippen LogP contribution in [0.5, 0.6) is 0 Å². The highest BCUT2D eigenvalue weighted by Gasteiger charge is 2.43. The minimum Gasteiger partial charge on any atom is -1.00 e. The van der Waals surface area contributed by atoms with E-state index >= 15 is 0 Å². The number of methoxy groups -OCH3 is 1. The van der Waals surface area contributed by atoms with E-state index in [4.69, 9.17) is 0 Å². The van der Waals surface area contributed by atoms with Gasteiger partial charge in [-0.1, -0.05) is 0 Å². The first-order valence-corrected chi connectivity index (χ1v) is 9.67. The quantitative estimate of drug-likeness (QED) is 0.471. The third-order valence-electron chi connectivity index (χ3n) is 4.42. The first-order chi connectivity index (χ1) is 13.0. The van der Waals surface area contributed by atoms with Gasteiger partial charge in [-0.15, -0.1) is 0 Å². The average Bonchev–Trinajstić information content (AvgIpc) is 3.57. The summed E-state index contributed by atoms with van der Waals surface area (Å²) >= 11 is 1.28. The van der Waals surface area contributed by atoms with Gasteiger partial charge in [-0.25, -0.2) is 4.79 Å². The van der Waals surface area contributed by atoms with Crippen molar-refractivity contribution in [3.8, 4) is 0 Å². The summed E-state index contributed by atoms with van der Waals surface area (Å²) in [5.41, 5.74) is 0.933. The number of nitrogens with zero attached hydrogens (tertiary/aromatic N) is 2. The summed E-state index contributed by atoms with van der Waals surface area (Å²) in [5.74, 6) is -0.969. The molecule has 148 valence electrons. The van der Waals surface area contributed by atoms with Crippen molar-refractivity contribution in [3.05, 3.63) is 40.8 Å². The fourth-order valence-electron chi connectivity index (χ4n) is 2.70. The number of carbonyl (C=O) groups excluding carboxylic acids is 3. The second kappa shape index (κ2) is 8.48. The van der Waals surface area contributed by atoms with Crippen LogP contribution in [-0.2, 0) is 14.3 Å². The maximum Gasteiger partial charge on any atom is 0.337 e. The molecule has 2 saturated carbocycles. The molecule has 0 atom stereocenters. The number of carbonyl (C=O) groups is 3. The Balaban J connectivity index is 0.00000225. The topological polar surface area (TPSA) is 88.1 Å². The number of thioether (sulfide) groups is 1. The number of hydrogen-bond acceptors (Lipinski definition) is 6. The van der Waals surface area contributed by atoms with Crippen molar-refractivity contribution in [3.63, 3.8) is 0 Å². The number of anilines is 1. The van der Waals surface area contributed by atoms with Crippen molar-refractivity contribution >= 4 is 40.4 Å². The smallest absolute Gasteiger partial charge is 0.337 e. The molecule has 28 heavy (non-hydrogen) atoms. The molecule has 1 aliphatic heterocycles. The van der Waals surface area contributed by atoms with Crippen LogP contribution in [0.3, 0.4) is 0 Å². The Bertz CT molecular complexity index is 860. The first kappa shape index (κ1) is 20.6. The van der Waals surface area contributed by atoms with Gasteiger partial charge >= 0.3 is 5.97 Å². The molecular weight excluding hydrogens is 446 g/mol. The number of aliphatic imine (C=N–C) groups is 1. The number of rotatable bonds is 5. The SMILES string of the molecule is COC(=O)c1ccc(NC(=O)/C=C2\SC(=NC3CC3)N(C3CC3)C2=O)cc1.[Br-]. The number of esters is 1. The number of amides is 2. The van der Waals surface area contributed by atoms with Gasteiger partial charge in [0.25, 0.3) is 5.91 Å². The van der Waals surface area contributed by atoms with E-state index < -0.39 is 5.97 Å². The van der Waals surface area contributed by atoms with Crippen LogP contribution in [0.1, 0.15) is 36.0 Å². The van der Waals surface area contributed by atoms with Crippen molar-refractivity contribution in [1.82, 2.24) is 4.90 Å². The van der Waals surface area contributed by atoms with Crippen LogP contribution in [0, 0.1) is 0 Å². The van der Waals surface area contributed by atoms with Gasteiger partial charge in [0.1, 0.15) is 0 Å². The van der Waals surface area contributed by atoms with Crippen LogP contribution >= 0.6 is 11.8 Å². The number of amidine groups is 1.